The highest BCUT2D eigenvalue weighted by Crippen LogP contribution is 2.35. The molecule has 1 N–H and O–H groups in total. The maximum absolute atomic E-state index is 13.6. The minimum absolute atomic E-state index is 0.0587. The van der Waals surface area contributed by atoms with Crippen molar-refractivity contribution in [2.24, 2.45) is 0 Å². The van der Waals surface area contributed by atoms with Crippen LogP contribution in [0.1, 0.15) is 12.8 Å². The van der Waals surface area contributed by atoms with E-state index in [1.807, 2.05) is 29.0 Å². The van der Waals surface area contributed by atoms with Crippen molar-refractivity contribution in [3.63, 3.8) is 0 Å². The largest absolute Gasteiger partial charge is 0.496 e. The molecule has 0 aliphatic carbocycles. The summed E-state index contributed by atoms with van der Waals surface area (Å²) in [4.78, 5) is 16.0. The fourth-order valence-corrected chi connectivity index (χ4v) is 3.69. The summed E-state index contributed by atoms with van der Waals surface area (Å²) in [5.41, 5.74) is 2.45. The van der Waals surface area contributed by atoms with E-state index in [0.29, 0.717) is 18.7 Å². The lowest BCUT2D eigenvalue weighted by molar-refractivity contribution is -0.119. The SMILES string of the molecule is COc1ccc(-c2nccn2CC2CCC(=O)N2)cc1-c1ccc(F)c(Cl)c1. The number of benzene rings is 2. The zero-order valence-electron chi connectivity index (χ0n) is 15.3. The lowest BCUT2D eigenvalue weighted by Crippen LogP contribution is -2.29. The summed E-state index contributed by atoms with van der Waals surface area (Å²) in [6.45, 7) is 0.658. The third-order valence-corrected chi connectivity index (χ3v) is 5.20. The van der Waals surface area contributed by atoms with Gasteiger partial charge in [-0.05, 0) is 42.3 Å². The van der Waals surface area contributed by atoms with Crippen LogP contribution in [0.25, 0.3) is 22.5 Å². The molecule has 4 rings (SSSR count). The Hall–Kier alpha value is -2.86. The van der Waals surface area contributed by atoms with Gasteiger partial charge in [0, 0.05) is 42.5 Å². The van der Waals surface area contributed by atoms with Gasteiger partial charge in [0.05, 0.1) is 12.1 Å². The maximum Gasteiger partial charge on any atom is 0.220 e. The molecule has 1 saturated heterocycles. The average Bonchev–Trinajstić information content (AvgIpc) is 3.32. The number of amides is 1. The van der Waals surface area contributed by atoms with Gasteiger partial charge in [0.25, 0.3) is 0 Å². The first kappa shape index (κ1) is 18.5. The van der Waals surface area contributed by atoms with E-state index in [9.17, 15) is 9.18 Å². The minimum atomic E-state index is -0.463. The van der Waals surface area contributed by atoms with Gasteiger partial charge in [-0.15, -0.1) is 0 Å². The fourth-order valence-electron chi connectivity index (χ4n) is 3.50. The number of imidazole rings is 1. The number of hydrogen-bond donors (Lipinski definition) is 1. The maximum atomic E-state index is 13.6. The number of rotatable bonds is 5. The van der Waals surface area contributed by atoms with Gasteiger partial charge < -0.3 is 14.6 Å². The molecule has 0 spiro atoms. The van der Waals surface area contributed by atoms with Crippen LogP contribution in [0.15, 0.2) is 48.8 Å². The van der Waals surface area contributed by atoms with Crippen molar-refractivity contribution in [3.05, 3.63) is 59.6 Å². The highest BCUT2D eigenvalue weighted by molar-refractivity contribution is 6.31. The summed E-state index contributed by atoms with van der Waals surface area (Å²) in [6.07, 6.45) is 5.02. The van der Waals surface area contributed by atoms with Crippen LogP contribution < -0.4 is 10.1 Å². The van der Waals surface area contributed by atoms with Crippen LogP contribution >= 0.6 is 11.6 Å². The van der Waals surface area contributed by atoms with Crippen molar-refractivity contribution in [3.8, 4) is 28.3 Å². The number of nitrogens with zero attached hydrogens (tertiary/aromatic N) is 2. The number of carbonyl (C=O) groups excluding carboxylic acids is 1. The number of nitrogens with one attached hydrogen (secondary N) is 1. The molecule has 1 amide bonds. The molecule has 1 atom stereocenters. The second kappa shape index (κ2) is 7.64. The summed E-state index contributed by atoms with van der Waals surface area (Å²) in [5, 5.41) is 3.04. The van der Waals surface area contributed by atoms with Crippen molar-refractivity contribution in [1.29, 1.82) is 0 Å². The fraction of sp³-hybridized carbons (Fsp3) is 0.238. The van der Waals surface area contributed by atoms with E-state index in [-0.39, 0.29) is 17.0 Å². The number of carbonyl (C=O) groups is 1. The van der Waals surface area contributed by atoms with Crippen molar-refractivity contribution >= 4 is 17.5 Å². The number of halogens is 2. The van der Waals surface area contributed by atoms with Crippen LogP contribution in [0.4, 0.5) is 4.39 Å². The van der Waals surface area contributed by atoms with Gasteiger partial charge in [-0.25, -0.2) is 9.37 Å². The number of methoxy groups -OCH3 is 1. The molecule has 1 aromatic heterocycles. The van der Waals surface area contributed by atoms with Crippen molar-refractivity contribution in [2.45, 2.75) is 25.4 Å². The molecule has 1 fully saturated rings. The highest BCUT2D eigenvalue weighted by Gasteiger charge is 2.22. The molecule has 1 aliphatic rings. The van der Waals surface area contributed by atoms with Gasteiger partial charge in [-0.2, -0.15) is 0 Å². The minimum Gasteiger partial charge on any atom is -0.496 e. The molecule has 144 valence electrons. The molecule has 1 unspecified atom stereocenters. The summed E-state index contributed by atoms with van der Waals surface area (Å²) in [6, 6.07) is 10.4. The van der Waals surface area contributed by atoms with Crippen LogP contribution in [-0.4, -0.2) is 28.6 Å². The van der Waals surface area contributed by atoms with Gasteiger partial charge in [-0.1, -0.05) is 17.7 Å². The quantitative estimate of drug-likeness (QED) is 0.696. The predicted octanol–water partition coefficient (Wildman–Crippen LogP) is 4.30. The third kappa shape index (κ3) is 3.60. The van der Waals surface area contributed by atoms with Crippen LogP contribution in [0.5, 0.6) is 5.75 Å². The predicted molar refractivity (Wildman–Crippen MR) is 106 cm³/mol. The lowest BCUT2D eigenvalue weighted by atomic mass is 10.0. The topological polar surface area (TPSA) is 56.2 Å². The summed E-state index contributed by atoms with van der Waals surface area (Å²) in [7, 11) is 1.59. The molecule has 3 aromatic rings. The zero-order valence-corrected chi connectivity index (χ0v) is 16.0. The lowest BCUT2D eigenvalue weighted by Gasteiger charge is -2.15. The number of aromatic nitrogens is 2. The van der Waals surface area contributed by atoms with Crippen LogP contribution in [0.3, 0.4) is 0 Å². The van der Waals surface area contributed by atoms with Gasteiger partial charge in [0.1, 0.15) is 17.4 Å². The molecule has 28 heavy (non-hydrogen) atoms. The first-order chi connectivity index (χ1) is 13.5. The van der Waals surface area contributed by atoms with Gasteiger partial charge in [0.15, 0.2) is 0 Å². The molecule has 1 aliphatic heterocycles. The second-order valence-electron chi connectivity index (χ2n) is 6.75. The monoisotopic (exact) mass is 399 g/mol. The first-order valence-corrected chi connectivity index (χ1v) is 9.37. The van der Waals surface area contributed by atoms with E-state index in [0.717, 1.165) is 28.9 Å². The first-order valence-electron chi connectivity index (χ1n) is 8.99. The van der Waals surface area contributed by atoms with E-state index < -0.39 is 5.82 Å². The van der Waals surface area contributed by atoms with E-state index in [1.54, 1.807) is 25.4 Å². The number of hydrogen-bond acceptors (Lipinski definition) is 3. The standard InChI is InChI=1S/C21H19ClFN3O2/c1-28-19-6-3-14(10-16(19)13-2-5-18(23)17(22)11-13)21-24-8-9-26(21)12-15-4-7-20(27)25-15/h2-3,5-6,8-11,15H,4,7,12H2,1H3,(H,25,27). The second-order valence-corrected chi connectivity index (χ2v) is 7.16. The normalized spacial score (nSPS) is 16.2. The van der Waals surface area contributed by atoms with Crippen molar-refractivity contribution < 1.29 is 13.9 Å². The molecular weight excluding hydrogens is 381 g/mol. The molecule has 0 bridgehead atoms. The Morgan fingerprint density at radius 1 is 1.29 bits per heavy atom. The van der Waals surface area contributed by atoms with Gasteiger partial charge in [-0.3, -0.25) is 4.79 Å². The van der Waals surface area contributed by atoms with E-state index in [4.69, 9.17) is 16.3 Å². The average molecular weight is 400 g/mol. The van der Waals surface area contributed by atoms with Crippen LogP contribution in [0, 0.1) is 5.82 Å². The van der Waals surface area contributed by atoms with Gasteiger partial charge in [0.2, 0.25) is 5.91 Å². The van der Waals surface area contributed by atoms with Crippen LogP contribution in [0.2, 0.25) is 5.02 Å². The van der Waals surface area contributed by atoms with Gasteiger partial charge >= 0.3 is 0 Å². The van der Waals surface area contributed by atoms with E-state index in [1.165, 1.54) is 6.07 Å². The molecule has 7 heteroatoms. The summed E-state index contributed by atoms with van der Waals surface area (Å²) >= 11 is 5.96. The Morgan fingerprint density at radius 2 is 2.11 bits per heavy atom. The van der Waals surface area contributed by atoms with Crippen LogP contribution in [-0.2, 0) is 11.3 Å². The highest BCUT2D eigenvalue weighted by atomic mass is 35.5. The Kier molecular flexibility index (Phi) is 5.05. The Labute approximate surface area is 167 Å². The third-order valence-electron chi connectivity index (χ3n) is 4.91. The Balaban J connectivity index is 1.71. The summed E-state index contributed by atoms with van der Waals surface area (Å²) < 4.78 is 21.1. The zero-order chi connectivity index (χ0) is 19.7. The smallest absolute Gasteiger partial charge is 0.220 e. The van der Waals surface area contributed by atoms with Crippen molar-refractivity contribution in [2.75, 3.05) is 7.11 Å². The molecular formula is C21H19ClFN3O2. The molecule has 0 saturated carbocycles. The summed E-state index contributed by atoms with van der Waals surface area (Å²) in [5.74, 6) is 1.08. The molecule has 5 nitrogen and oxygen atoms in total. The molecule has 0 radical (unpaired) electrons. The van der Waals surface area contributed by atoms with E-state index >= 15 is 0 Å². The molecule has 2 heterocycles. The number of ether oxygens (including phenoxy) is 1. The Morgan fingerprint density at radius 3 is 2.82 bits per heavy atom. The Bertz CT molecular complexity index is 1030. The molecule has 2 aromatic carbocycles. The van der Waals surface area contributed by atoms with E-state index in [2.05, 4.69) is 10.3 Å². The van der Waals surface area contributed by atoms with Crippen molar-refractivity contribution in [1.82, 2.24) is 14.9 Å².